The molecule has 0 fully saturated rings. The Kier molecular flexibility index (Phi) is 7.07. The Hall–Kier alpha value is -2.91. The largest absolute Gasteiger partial charge is 0.493 e. The van der Waals surface area contributed by atoms with Crippen LogP contribution in [0.4, 0.5) is 5.69 Å². The molecule has 30 heavy (non-hydrogen) atoms. The van der Waals surface area contributed by atoms with E-state index < -0.39 is 0 Å². The Labute approximate surface area is 183 Å². The molecule has 0 aliphatic heterocycles. The van der Waals surface area contributed by atoms with E-state index in [0.717, 1.165) is 4.90 Å². The van der Waals surface area contributed by atoms with Crippen molar-refractivity contribution in [3.8, 4) is 17.2 Å². The number of rotatable bonds is 8. The molecule has 0 bridgehead atoms. The molecule has 0 aliphatic rings. The Bertz CT molecular complexity index is 1030. The predicted molar refractivity (Wildman–Crippen MR) is 115 cm³/mol. The standard InChI is InChI=1S/C20H21ClN4O4S/c1-25-11-22-24-20(25)30-17-6-5-13(21)10-14(17)23-18(26)9-12-7-15(27-2)19(29-4)16(8-12)28-3/h5-8,10-11H,9H2,1-4H3,(H,23,26). The zero-order valence-corrected chi connectivity index (χ0v) is 18.5. The number of benzene rings is 2. The lowest BCUT2D eigenvalue weighted by atomic mass is 10.1. The highest BCUT2D eigenvalue weighted by molar-refractivity contribution is 7.99. The predicted octanol–water partition coefficient (Wildman–Crippen LogP) is 3.83. The molecule has 8 nitrogen and oxygen atoms in total. The van der Waals surface area contributed by atoms with Gasteiger partial charge in [0.2, 0.25) is 11.7 Å². The summed E-state index contributed by atoms with van der Waals surface area (Å²) in [5.41, 5.74) is 1.31. The number of nitrogens with one attached hydrogen (secondary N) is 1. The van der Waals surface area contributed by atoms with Gasteiger partial charge < -0.3 is 24.1 Å². The van der Waals surface area contributed by atoms with Gasteiger partial charge in [-0.1, -0.05) is 11.6 Å². The number of carbonyl (C=O) groups is 1. The summed E-state index contributed by atoms with van der Waals surface area (Å²) in [5, 5.41) is 12.1. The van der Waals surface area contributed by atoms with Gasteiger partial charge in [-0.3, -0.25) is 4.79 Å². The lowest BCUT2D eigenvalue weighted by Gasteiger charge is -2.15. The smallest absolute Gasteiger partial charge is 0.228 e. The van der Waals surface area contributed by atoms with Gasteiger partial charge in [-0.25, -0.2) is 0 Å². The van der Waals surface area contributed by atoms with Crippen molar-refractivity contribution >= 4 is 35.0 Å². The third-order valence-electron chi connectivity index (χ3n) is 4.18. The molecule has 0 spiro atoms. The fourth-order valence-corrected chi connectivity index (χ4v) is 3.77. The van der Waals surface area contributed by atoms with Crippen LogP contribution in [0, 0.1) is 0 Å². The number of hydrogen-bond acceptors (Lipinski definition) is 7. The monoisotopic (exact) mass is 448 g/mol. The number of anilines is 1. The maximum Gasteiger partial charge on any atom is 0.228 e. The van der Waals surface area contributed by atoms with Crippen LogP contribution in [0.2, 0.25) is 5.02 Å². The van der Waals surface area contributed by atoms with Gasteiger partial charge in [0.25, 0.3) is 0 Å². The van der Waals surface area contributed by atoms with E-state index in [4.69, 9.17) is 25.8 Å². The van der Waals surface area contributed by atoms with Gasteiger partial charge in [0, 0.05) is 17.0 Å². The zero-order chi connectivity index (χ0) is 21.7. The number of aryl methyl sites for hydroxylation is 1. The van der Waals surface area contributed by atoms with Crippen LogP contribution in [-0.4, -0.2) is 42.0 Å². The van der Waals surface area contributed by atoms with Gasteiger partial charge in [-0.2, -0.15) is 0 Å². The van der Waals surface area contributed by atoms with E-state index in [9.17, 15) is 4.79 Å². The molecule has 3 aromatic rings. The van der Waals surface area contributed by atoms with Gasteiger partial charge in [-0.15, -0.1) is 10.2 Å². The summed E-state index contributed by atoms with van der Waals surface area (Å²) >= 11 is 7.53. The number of ether oxygens (including phenoxy) is 3. The van der Waals surface area contributed by atoms with Crippen molar-refractivity contribution in [2.75, 3.05) is 26.6 Å². The first-order valence-electron chi connectivity index (χ1n) is 8.85. The molecule has 3 rings (SSSR count). The average Bonchev–Trinajstić information content (AvgIpc) is 3.13. The summed E-state index contributed by atoms with van der Waals surface area (Å²) in [7, 11) is 6.44. The van der Waals surface area contributed by atoms with Crippen LogP contribution in [0.25, 0.3) is 0 Å². The zero-order valence-electron chi connectivity index (χ0n) is 16.9. The molecule has 10 heteroatoms. The second kappa shape index (κ2) is 9.73. The third kappa shape index (κ3) is 4.98. The number of nitrogens with zero attached hydrogens (tertiary/aromatic N) is 3. The van der Waals surface area contributed by atoms with Crippen molar-refractivity contribution in [3.63, 3.8) is 0 Å². The molecule has 158 valence electrons. The number of amides is 1. The molecule has 1 amide bonds. The Morgan fingerprint density at radius 1 is 1.13 bits per heavy atom. The molecule has 0 saturated carbocycles. The van der Waals surface area contributed by atoms with Gasteiger partial charge in [-0.05, 0) is 47.7 Å². The minimum atomic E-state index is -0.216. The first-order chi connectivity index (χ1) is 14.4. The molecule has 1 aromatic heterocycles. The Morgan fingerprint density at radius 2 is 1.83 bits per heavy atom. The maximum atomic E-state index is 12.8. The molecule has 2 aromatic carbocycles. The average molecular weight is 449 g/mol. The minimum Gasteiger partial charge on any atom is -0.493 e. The Morgan fingerprint density at radius 3 is 2.40 bits per heavy atom. The molecular formula is C20H21ClN4O4S. The molecule has 0 atom stereocenters. The highest BCUT2D eigenvalue weighted by Crippen LogP contribution is 2.38. The number of methoxy groups -OCH3 is 3. The van der Waals surface area contributed by atoms with Crippen molar-refractivity contribution in [1.29, 1.82) is 0 Å². The van der Waals surface area contributed by atoms with Crippen LogP contribution in [-0.2, 0) is 18.3 Å². The molecule has 0 unspecified atom stereocenters. The summed E-state index contributed by atoms with van der Waals surface area (Å²) in [6, 6.07) is 8.78. The summed E-state index contributed by atoms with van der Waals surface area (Å²) in [5.74, 6) is 1.23. The van der Waals surface area contributed by atoms with Crippen molar-refractivity contribution < 1.29 is 19.0 Å². The highest BCUT2D eigenvalue weighted by atomic mass is 35.5. The van der Waals surface area contributed by atoms with Crippen molar-refractivity contribution in [1.82, 2.24) is 14.8 Å². The van der Waals surface area contributed by atoms with Gasteiger partial charge >= 0.3 is 0 Å². The van der Waals surface area contributed by atoms with Crippen LogP contribution < -0.4 is 19.5 Å². The van der Waals surface area contributed by atoms with Crippen LogP contribution in [0.3, 0.4) is 0 Å². The molecule has 0 aliphatic carbocycles. The second-order valence-electron chi connectivity index (χ2n) is 6.23. The van der Waals surface area contributed by atoms with Crippen LogP contribution in [0.15, 0.2) is 46.7 Å². The number of aromatic nitrogens is 3. The van der Waals surface area contributed by atoms with E-state index in [1.54, 1.807) is 35.2 Å². The molecule has 0 radical (unpaired) electrons. The van der Waals surface area contributed by atoms with E-state index >= 15 is 0 Å². The van der Waals surface area contributed by atoms with Crippen LogP contribution in [0.5, 0.6) is 17.2 Å². The first-order valence-corrected chi connectivity index (χ1v) is 10.0. The number of halogens is 1. The highest BCUT2D eigenvalue weighted by Gasteiger charge is 2.16. The quantitative estimate of drug-likeness (QED) is 0.560. The second-order valence-corrected chi connectivity index (χ2v) is 7.67. The van der Waals surface area contributed by atoms with Crippen LogP contribution in [0.1, 0.15) is 5.56 Å². The fraction of sp³-hybridized carbons (Fsp3) is 0.250. The van der Waals surface area contributed by atoms with E-state index in [1.807, 2.05) is 13.1 Å². The van der Waals surface area contributed by atoms with Crippen LogP contribution >= 0.6 is 23.4 Å². The van der Waals surface area contributed by atoms with Crippen molar-refractivity contribution in [3.05, 3.63) is 47.2 Å². The summed E-state index contributed by atoms with van der Waals surface area (Å²) in [6.45, 7) is 0. The summed E-state index contributed by atoms with van der Waals surface area (Å²) in [6.07, 6.45) is 1.72. The van der Waals surface area contributed by atoms with Crippen molar-refractivity contribution in [2.45, 2.75) is 16.5 Å². The fourth-order valence-electron chi connectivity index (χ4n) is 2.77. The van der Waals surface area contributed by atoms with E-state index in [1.165, 1.54) is 33.1 Å². The Balaban J connectivity index is 1.81. The lowest BCUT2D eigenvalue weighted by Crippen LogP contribution is -2.15. The third-order valence-corrected chi connectivity index (χ3v) is 5.54. The van der Waals surface area contributed by atoms with Crippen molar-refractivity contribution in [2.24, 2.45) is 7.05 Å². The van der Waals surface area contributed by atoms with Gasteiger partial charge in [0.15, 0.2) is 16.7 Å². The van der Waals surface area contributed by atoms with E-state index in [-0.39, 0.29) is 12.3 Å². The number of hydrogen-bond donors (Lipinski definition) is 1. The summed E-state index contributed by atoms with van der Waals surface area (Å²) < 4.78 is 17.8. The normalized spacial score (nSPS) is 10.6. The van der Waals surface area contributed by atoms with E-state index in [2.05, 4.69) is 15.5 Å². The minimum absolute atomic E-state index is 0.108. The molecule has 1 N–H and O–H groups in total. The maximum absolute atomic E-state index is 12.8. The molecular weight excluding hydrogens is 428 g/mol. The molecule has 0 saturated heterocycles. The van der Waals surface area contributed by atoms with Gasteiger partial charge in [0.1, 0.15) is 6.33 Å². The molecule has 1 heterocycles. The number of carbonyl (C=O) groups excluding carboxylic acids is 1. The van der Waals surface area contributed by atoms with Gasteiger partial charge in [0.05, 0.1) is 33.4 Å². The lowest BCUT2D eigenvalue weighted by molar-refractivity contribution is -0.115. The topological polar surface area (TPSA) is 87.5 Å². The SMILES string of the molecule is COc1cc(CC(=O)Nc2cc(Cl)ccc2Sc2nncn2C)cc(OC)c1OC. The first kappa shape index (κ1) is 21.8. The summed E-state index contributed by atoms with van der Waals surface area (Å²) in [4.78, 5) is 13.6. The van der Waals surface area contributed by atoms with E-state index in [0.29, 0.717) is 38.7 Å².